The van der Waals surface area contributed by atoms with Gasteiger partial charge >= 0.3 is 0 Å². The zero-order valence-corrected chi connectivity index (χ0v) is 18.1. The molecule has 0 saturated carbocycles. The molecule has 1 N–H and O–H groups in total. The number of hydrogen-bond donors (Lipinski definition) is 1. The normalized spacial score (nSPS) is 16.7. The second-order valence-corrected chi connectivity index (χ2v) is 8.74. The molecule has 0 fully saturated rings. The predicted octanol–water partition coefficient (Wildman–Crippen LogP) is 3.93. The Kier molecular flexibility index (Phi) is 5.11. The lowest BCUT2D eigenvalue weighted by molar-refractivity contribution is -0.116. The number of hydrogen-bond acceptors (Lipinski definition) is 6. The van der Waals surface area contributed by atoms with Gasteiger partial charge in [-0.2, -0.15) is 4.98 Å². The highest BCUT2D eigenvalue weighted by Gasteiger charge is 2.33. The van der Waals surface area contributed by atoms with Crippen molar-refractivity contribution in [1.29, 1.82) is 0 Å². The Balaban J connectivity index is 1.51. The molecule has 2 aliphatic rings. The number of halogens is 1. The van der Waals surface area contributed by atoms with Gasteiger partial charge in [0.15, 0.2) is 16.7 Å². The van der Waals surface area contributed by atoms with Crippen LogP contribution in [0.25, 0.3) is 0 Å². The number of anilines is 1. The summed E-state index contributed by atoms with van der Waals surface area (Å²) in [5.74, 6) is 1.79. The van der Waals surface area contributed by atoms with Gasteiger partial charge in [0, 0.05) is 30.2 Å². The standard InChI is InChI=1S/C22H18ClN3O4S/c1-26-20-19(21(28)25-22(26)31-10-12-3-2-4-14(23)7-12)15(9-18(27)24-20)13-5-6-16-17(8-13)30-11-29-16/h2-8,15H,9-11H2,1H3,(H,24,27)/t15-/m1/s1. The van der Waals surface area contributed by atoms with E-state index in [0.717, 1.165) is 11.1 Å². The van der Waals surface area contributed by atoms with Crippen LogP contribution in [0.15, 0.2) is 52.4 Å². The molecule has 1 amide bonds. The number of amides is 1. The second kappa shape index (κ2) is 7.94. The van der Waals surface area contributed by atoms with Gasteiger partial charge in [0.25, 0.3) is 5.56 Å². The molecule has 3 heterocycles. The fraction of sp³-hybridized carbons (Fsp3) is 0.227. The molecule has 0 saturated heterocycles. The van der Waals surface area contributed by atoms with Gasteiger partial charge in [-0.1, -0.05) is 41.6 Å². The van der Waals surface area contributed by atoms with Crippen LogP contribution >= 0.6 is 23.4 Å². The maximum absolute atomic E-state index is 13.1. The molecule has 7 nitrogen and oxygen atoms in total. The van der Waals surface area contributed by atoms with Gasteiger partial charge in [0.05, 0.1) is 5.56 Å². The number of carbonyl (C=O) groups excluding carboxylic acids is 1. The third kappa shape index (κ3) is 3.77. The van der Waals surface area contributed by atoms with E-state index in [-0.39, 0.29) is 24.7 Å². The van der Waals surface area contributed by atoms with Crippen LogP contribution in [0.4, 0.5) is 5.82 Å². The number of nitrogens with zero attached hydrogens (tertiary/aromatic N) is 2. The highest BCUT2D eigenvalue weighted by atomic mass is 35.5. The summed E-state index contributed by atoms with van der Waals surface area (Å²) in [5, 5.41) is 4.04. The molecule has 2 aromatic carbocycles. The molecular weight excluding hydrogens is 438 g/mol. The van der Waals surface area contributed by atoms with Crippen LogP contribution in [-0.4, -0.2) is 22.3 Å². The largest absolute Gasteiger partial charge is 0.454 e. The monoisotopic (exact) mass is 455 g/mol. The number of ether oxygens (including phenoxy) is 2. The summed E-state index contributed by atoms with van der Waals surface area (Å²) < 4.78 is 12.6. The van der Waals surface area contributed by atoms with E-state index in [1.54, 1.807) is 17.7 Å². The minimum Gasteiger partial charge on any atom is -0.454 e. The zero-order chi connectivity index (χ0) is 21.5. The maximum atomic E-state index is 13.1. The van der Waals surface area contributed by atoms with Gasteiger partial charge in [-0.05, 0) is 35.4 Å². The number of nitrogens with one attached hydrogen (secondary N) is 1. The van der Waals surface area contributed by atoms with Gasteiger partial charge in [-0.3, -0.25) is 9.59 Å². The van der Waals surface area contributed by atoms with E-state index in [2.05, 4.69) is 10.3 Å². The number of benzene rings is 2. The van der Waals surface area contributed by atoms with Crippen molar-refractivity contribution in [2.24, 2.45) is 7.05 Å². The van der Waals surface area contributed by atoms with Crippen LogP contribution < -0.4 is 20.3 Å². The number of carbonyl (C=O) groups is 1. The molecule has 0 unspecified atom stereocenters. The number of aromatic nitrogens is 2. The molecule has 5 rings (SSSR count). The minimum atomic E-state index is -0.406. The first kappa shape index (κ1) is 20.0. The van der Waals surface area contributed by atoms with Crippen molar-refractivity contribution in [3.63, 3.8) is 0 Å². The summed E-state index contributed by atoms with van der Waals surface area (Å²) in [6.07, 6.45) is 0.165. The molecular formula is C22H18ClN3O4S. The van der Waals surface area contributed by atoms with Gasteiger partial charge in [0.1, 0.15) is 5.82 Å². The van der Waals surface area contributed by atoms with Gasteiger partial charge in [-0.25, -0.2) is 0 Å². The van der Waals surface area contributed by atoms with Gasteiger partial charge in [0.2, 0.25) is 12.7 Å². The summed E-state index contributed by atoms with van der Waals surface area (Å²) >= 11 is 7.47. The predicted molar refractivity (Wildman–Crippen MR) is 118 cm³/mol. The van der Waals surface area contributed by atoms with Gasteiger partial charge in [-0.15, -0.1) is 0 Å². The van der Waals surface area contributed by atoms with Crippen LogP contribution in [0.5, 0.6) is 11.5 Å². The van der Waals surface area contributed by atoms with E-state index in [9.17, 15) is 9.59 Å². The quantitative estimate of drug-likeness (QED) is 0.474. The first-order chi connectivity index (χ1) is 15.0. The average molecular weight is 456 g/mol. The van der Waals surface area contributed by atoms with Crippen molar-refractivity contribution in [2.75, 3.05) is 12.1 Å². The molecule has 3 aromatic rings. The lowest BCUT2D eigenvalue weighted by atomic mass is 9.86. The molecule has 0 radical (unpaired) electrons. The SMILES string of the molecule is Cn1c(SCc2cccc(Cl)c2)nc(=O)c2c1NC(=O)C[C@@H]2c1ccc2c(c1)OCO2. The van der Waals surface area contributed by atoms with Crippen molar-refractivity contribution in [2.45, 2.75) is 23.2 Å². The number of rotatable bonds is 4. The van der Waals surface area contributed by atoms with Crippen molar-refractivity contribution in [3.05, 3.63) is 74.5 Å². The zero-order valence-electron chi connectivity index (χ0n) is 16.6. The second-order valence-electron chi connectivity index (χ2n) is 7.36. The summed E-state index contributed by atoms with van der Waals surface area (Å²) in [5.41, 5.74) is 1.97. The molecule has 31 heavy (non-hydrogen) atoms. The molecule has 158 valence electrons. The van der Waals surface area contributed by atoms with Crippen molar-refractivity contribution >= 4 is 35.1 Å². The molecule has 0 bridgehead atoms. The summed E-state index contributed by atoms with van der Waals surface area (Å²) in [4.78, 5) is 29.9. The lowest BCUT2D eigenvalue weighted by Crippen LogP contribution is -2.33. The molecule has 1 atom stereocenters. The molecule has 2 aliphatic heterocycles. The molecule has 0 spiro atoms. The third-order valence-corrected chi connectivity index (χ3v) is 6.69. The third-order valence-electron chi connectivity index (χ3n) is 5.36. The first-order valence-electron chi connectivity index (χ1n) is 9.67. The Bertz CT molecular complexity index is 1260. The fourth-order valence-electron chi connectivity index (χ4n) is 3.85. The fourth-order valence-corrected chi connectivity index (χ4v) is 4.97. The lowest BCUT2D eigenvalue weighted by Gasteiger charge is -2.27. The van der Waals surface area contributed by atoms with E-state index in [4.69, 9.17) is 21.1 Å². The topological polar surface area (TPSA) is 82.5 Å². The van der Waals surface area contributed by atoms with E-state index in [1.165, 1.54) is 11.8 Å². The van der Waals surface area contributed by atoms with Crippen LogP contribution in [0.3, 0.4) is 0 Å². The van der Waals surface area contributed by atoms with E-state index in [1.807, 2.05) is 36.4 Å². The van der Waals surface area contributed by atoms with E-state index < -0.39 is 5.92 Å². The van der Waals surface area contributed by atoms with Crippen LogP contribution in [0.2, 0.25) is 5.02 Å². The Morgan fingerprint density at radius 3 is 2.87 bits per heavy atom. The number of fused-ring (bicyclic) bond motifs is 2. The summed E-state index contributed by atoms with van der Waals surface area (Å²) in [6.45, 7) is 0.164. The molecule has 1 aromatic heterocycles. The average Bonchev–Trinajstić information content (AvgIpc) is 3.22. The Morgan fingerprint density at radius 1 is 1.19 bits per heavy atom. The Hall–Kier alpha value is -2.97. The number of thioether (sulfide) groups is 1. The summed E-state index contributed by atoms with van der Waals surface area (Å²) in [7, 11) is 1.80. The molecule has 0 aliphatic carbocycles. The highest BCUT2D eigenvalue weighted by Crippen LogP contribution is 2.40. The van der Waals surface area contributed by atoms with Crippen molar-refractivity contribution in [1.82, 2.24) is 9.55 Å². The van der Waals surface area contributed by atoms with Crippen LogP contribution in [0.1, 0.15) is 29.0 Å². The first-order valence-corrected chi connectivity index (χ1v) is 11.0. The molecule has 9 heteroatoms. The maximum Gasteiger partial charge on any atom is 0.279 e. The van der Waals surface area contributed by atoms with Gasteiger partial charge < -0.3 is 19.4 Å². The minimum absolute atomic E-state index is 0.151. The highest BCUT2D eigenvalue weighted by molar-refractivity contribution is 7.98. The Labute approximate surface area is 187 Å². The van der Waals surface area contributed by atoms with Crippen LogP contribution in [0, 0.1) is 0 Å². The van der Waals surface area contributed by atoms with E-state index in [0.29, 0.717) is 38.8 Å². The van der Waals surface area contributed by atoms with Crippen LogP contribution in [-0.2, 0) is 17.6 Å². The smallest absolute Gasteiger partial charge is 0.279 e. The van der Waals surface area contributed by atoms with E-state index >= 15 is 0 Å². The van der Waals surface area contributed by atoms with Crippen molar-refractivity contribution < 1.29 is 14.3 Å². The Morgan fingerprint density at radius 2 is 2.03 bits per heavy atom. The van der Waals surface area contributed by atoms with Crippen molar-refractivity contribution in [3.8, 4) is 11.5 Å². The summed E-state index contributed by atoms with van der Waals surface area (Å²) in [6, 6.07) is 13.0.